The molecule has 0 amide bonds. The summed E-state index contributed by atoms with van der Waals surface area (Å²) >= 11 is 1.84. The average Bonchev–Trinajstić information content (AvgIpc) is 3.10. The van der Waals surface area contributed by atoms with Crippen molar-refractivity contribution in [3.05, 3.63) is 95.7 Å². The van der Waals surface area contributed by atoms with E-state index in [1.165, 1.54) is 32.1 Å². The number of aromatic nitrogens is 1. The summed E-state index contributed by atoms with van der Waals surface area (Å²) in [4.78, 5) is 3.70. The molecule has 0 aliphatic carbocycles. The van der Waals surface area contributed by atoms with Crippen LogP contribution in [0.5, 0.6) is 0 Å². The molecule has 0 spiro atoms. The first-order chi connectivity index (χ1) is 13.8. The van der Waals surface area contributed by atoms with Gasteiger partial charge in [-0.05, 0) is 43.7 Å². The molecule has 28 heavy (non-hydrogen) atoms. The van der Waals surface area contributed by atoms with Gasteiger partial charge in [0.25, 0.3) is 0 Å². The molecule has 0 fully saturated rings. The highest BCUT2D eigenvalue weighted by Crippen LogP contribution is 2.45. The summed E-state index contributed by atoms with van der Waals surface area (Å²) in [5, 5.41) is 2.57. The maximum absolute atomic E-state index is 2.36. The molecular weight excluding hydrogens is 360 g/mol. The zero-order chi connectivity index (χ0) is 19.3. The van der Waals surface area contributed by atoms with Gasteiger partial charge in [-0.1, -0.05) is 60.3 Å². The molecular formula is C25H25N2S+. The summed E-state index contributed by atoms with van der Waals surface area (Å²) in [5.41, 5.74) is 3.83. The van der Waals surface area contributed by atoms with E-state index >= 15 is 0 Å². The summed E-state index contributed by atoms with van der Waals surface area (Å²) in [6, 6.07) is 19.4. The molecule has 2 heterocycles. The van der Waals surface area contributed by atoms with E-state index in [-0.39, 0.29) is 0 Å². The van der Waals surface area contributed by atoms with E-state index in [0.29, 0.717) is 0 Å². The molecule has 0 atom stereocenters. The van der Waals surface area contributed by atoms with Gasteiger partial charge in [0.2, 0.25) is 5.52 Å². The number of rotatable bonds is 5. The molecule has 1 aliphatic rings. The van der Waals surface area contributed by atoms with Gasteiger partial charge < -0.3 is 4.90 Å². The molecule has 4 rings (SSSR count). The summed E-state index contributed by atoms with van der Waals surface area (Å²) in [5.74, 6) is 0. The molecule has 0 saturated heterocycles. The molecule has 3 heteroatoms. The first-order valence-electron chi connectivity index (χ1n) is 9.82. The van der Waals surface area contributed by atoms with Gasteiger partial charge in [-0.3, -0.25) is 0 Å². The van der Waals surface area contributed by atoms with E-state index in [1.54, 1.807) is 0 Å². The van der Waals surface area contributed by atoms with Crippen LogP contribution in [-0.2, 0) is 6.54 Å². The molecule has 1 aliphatic heterocycles. The maximum atomic E-state index is 2.36. The van der Waals surface area contributed by atoms with Crippen LogP contribution in [0.25, 0.3) is 17.0 Å². The lowest BCUT2D eigenvalue weighted by atomic mass is 10.1. The van der Waals surface area contributed by atoms with Gasteiger partial charge >= 0.3 is 0 Å². The topological polar surface area (TPSA) is 7.12 Å². The van der Waals surface area contributed by atoms with Crippen LogP contribution >= 0.6 is 11.8 Å². The first-order valence-corrected chi connectivity index (χ1v) is 10.6. The van der Waals surface area contributed by atoms with E-state index in [9.17, 15) is 0 Å². The van der Waals surface area contributed by atoms with Gasteiger partial charge in [-0.25, -0.2) is 0 Å². The maximum Gasteiger partial charge on any atom is 0.213 e. The van der Waals surface area contributed by atoms with Gasteiger partial charge in [-0.2, -0.15) is 4.57 Å². The standard InChI is InChI=1S/C25H25N2S/c1-3-26-19-18-20(21-13-8-9-14-22(21)26)12-6-5-7-17-25-27(4-2)23-15-10-11-16-24(23)28-25/h5-19H,3-4H2,1-2H3/q+1. The van der Waals surface area contributed by atoms with Crippen molar-refractivity contribution in [1.29, 1.82) is 0 Å². The summed E-state index contributed by atoms with van der Waals surface area (Å²) in [6.07, 6.45) is 12.9. The van der Waals surface area contributed by atoms with Crippen molar-refractivity contribution < 1.29 is 4.57 Å². The first kappa shape index (κ1) is 18.6. The number of nitrogens with zero attached hydrogens (tertiary/aromatic N) is 2. The van der Waals surface area contributed by atoms with E-state index in [2.05, 4.69) is 114 Å². The van der Waals surface area contributed by atoms with Crippen LogP contribution in [0, 0.1) is 0 Å². The van der Waals surface area contributed by atoms with Crippen molar-refractivity contribution in [1.82, 2.24) is 0 Å². The fraction of sp³-hybridized carbons (Fsp3) is 0.160. The van der Waals surface area contributed by atoms with Gasteiger partial charge in [0, 0.05) is 23.6 Å². The largest absolute Gasteiger partial charge is 0.335 e. The normalized spacial score (nSPS) is 15.4. The highest BCUT2D eigenvalue weighted by molar-refractivity contribution is 8.03. The lowest BCUT2D eigenvalue weighted by Gasteiger charge is -2.17. The third-order valence-corrected chi connectivity index (χ3v) is 6.12. The zero-order valence-electron chi connectivity index (χ0n) is 16.4. The Morgan fingerprint density at radius 1 is 0.929 bits per heavy atom. The summed E-state index contributed by atoms with van der Waals surface area (Å²) in [6.45, 7) is 6.33. The number of anilines is 1. The number of hydrogen-bond donors (Lipinski definition) is 0. The minimum atomic E-state index is 0.978. The zero-order valence-corrected chi connectivity index (χ0v) is 17.2. The quantitative estimate of drug-likeness (QED) is 0.382. The van der Waals surface area contributed by atoms with E-state index in [4.69, 9.17) is 0 Å². The second-order valence-corrected chi connectivity index (χ2v) is 7.70. The van der Waals surface area contributed by atoms with Crippen molar-refractivity contribution in [3.8, 4) is 0 Å². The smallest absolute Gasteiger partial charge is 0.213 e. The van der Waals surface area contributed by atoms with E-state index in [1.807, 2.05) is 11.8 Å². The fourth-order valence-electron chi connectivity index (χ4n) is 3.59. The van der Waals surface area contributed by atoms with E-state index in [0.717, 1.165) is 13.1 Å². The fourth-order valence-corrected chi connectivity index (χ4v) is 4.73. The van der Waals surface area contributed by atoms with Crippen LogP contribution in [0.3, 0.4) is 0 Å². The molecule has 2 aromatic carbocycles. The molecule has 0 unspecified atom stereocenters. The Bertz CT molecular complexity index is 1080. The van der Waals surface area contributed by atoms with Crippen molar-refractivity contribution in [2.75, 3.05) is 11.4 Å². The number of allylic oxidation sites excluding steroid dienone is 4. The van der Waals surface area contributed by atoms with Crippen molar-refractivity contribution >= 4 is 34.4 Å². The number of fused-ring (bicyclic) bond motifs is 2. The van der Waals surface area contributed by atoms with Crippen LogP contribution in [0.1, 0.15) is 19.4 Å². The Morgan fingerprint density at radius 3 is 2.61 bits per heavy atom. The van der Waals surface area contributed by atoms with Crippen LogP contribution < -0.4 is 9.47 Å². The van der Waals surface area contributed by atoms with Crippen molar-refractivity contribution in [2.24, 2.45) is 0 Å². The number of pyridine rings is 1. The summed E-state index contributed by atoms with van der Waals surface area (Å²) in [7, 11) is 0. The lowest BCUT2D eigenvalue weighted by molar-refractivity contribution is -0.667. The predicted octanol–water partition coefficient (Wildman–Crippen LogP) is 6.19. The van der Waals surface area contributed by atoms with Crippen molar-refractivity contribution in [2.45, 2.75) is 25.3 Å². The minimum Gasteiger partial charge on any atom is -0.335 e. The van der Waals surface area contributed by atoms with Crippen LogP contribution in [-0.4, -0.2) is 6.54 Å². The Hall–Kier alpha value is -2.78. The average molecular weight is 386 g/mol. The highest BCUT2D eigenvalue weighted by atomic mass is 32.2. The number of thioether (sulfide) groups is 1. The number of benzene rings is 2. The predicted molar refractivity (Wildman–Crippen MR) is 121 cm³/mol. The molecule has 0 radical (unpaired) electrons. The molecule has 0 bridgehead atoms. The van der Waals surface area contributed by atoms with Crippen LogP contribution in [0.15, 0.2) is 95.0 Å². The molecule has 1 aromatic heterocycles. The van der Waals surface area contributed by atoms with Crippen molar-refractivity contribution in [3.63, 3.8) is 0 Å². The SMILES string of the molecule is CCN1/C(=C/C=C/C=C/c2cc[n+](CC)c3ccccc23)Sc2ccccc21. The van der Waals surface area contributed by atoms with Gasteiger partial charge in [0.15, 0.2) is 6.20 Å². The van der Waals surface area contributed by atoms with E-state index < -0.39 is 0 Å². The minimum absolute atomic E-state index is 0.978. The molecule has 0 N–H and O–H groups in total. The second kappa shape index (κ2) is 8.49. The molecule has 140 valence electrons. The Kier molecular flexibility index (Phi) is 5.63. The summed E-state index contributed by atoms with van der Waals surface area (Å²) < 4.78 is 2.28. The lowest BCUT2D eigenvalue weighted by Crippen LogP contribution is -2.32. The monoisotopic (exact) mass is 385 g/mol. The number of hydrogen-bond acceptors (Lipinski definition) is 2. The Morgan fingerprint density at radius 2 is 1.75 bits per heavy atom. The Labute approximate surface area is 171 Å². The van der Waals surface area contributed by atoms with Crippen LogP contribution in [0.2, 0.25) is 0 Å². The highest BCUT2D eigenvalue weighted by Gasteiger charge is 2.22. The van der Waals surface area contributed by atoms with Gasteiger partial charge in [-0.15, -0.1) is 0 Å². The van der Waals surface area contributed by atoms with Crippen LogP contribution in [0.4, 0.5) is 5.69 Å². The Balaban J connectivity index is 1.53. The molecule has 0 saturated carbocycles. The third-order valence-electron chi connectivity index (χ3n) is 4.99. The molecule has 3 aromatic rings. The van der Waals surface area contributed by atoms with Gasteiger partial charge in [0.05, 0.1) is 16.1 Å². The number of aryl methyl sites for hydroxylation is 1. The van der Waals surface area contributed by atoms with Gasteiger partial charge in [0.1, 0.15) is 6.54 Å². The molecule has 2 nitrogen and oxygen atoms in total. The second-order valence-electron chi connectivity index (χ2n) is 6.64. The third kappa shape index (κ3) is 3.63. The number of para-hydroxylation sites is 2.